The first kappa shape index (κ1) is 20.7. The van der Waals surface area contributed by atoms with Crippen LogP contribution in [0.1, 0.15) is 11.1 Å². The van der Waals surface area contributed by atoms with E-state index in [2.05, 4.69) is 15.3 Å². The SMILES string of the molecule is COc1ccc(CN2Sc3sc(S(N)(=O)=O)cc3C=C2CN2CCOCC2)cc1. The van der Waals surface area contributed by atoms with Crippen molar-refractivity contribution >= 4 is 39.4 Å². The van der Waals surface area contributed by atoms with Crippen molar-refractivity contribution in [3.63, 3.8) is 0 Å². The number of thiophene rings is 1. The number of sulfonamides is 1. The van der Waals surface area contributed by atoms with Gasteiger partial charge in [-0.1, -0.05) is 12.1 Å². The van der Waals surface area contributed by atoms with Crippen molar-refractivity contribution in [2.24, 2.45) is 5.14 Å². The van der Waals surface area contributed by atoms with Gasteiger partial charge in [0.25, 0.3) is 0 Å². The second kappa shape index (κ2) is 8.66. The van der Waals surface area contributed by atoms with Crippen molar-refractivity contribution in [2.45, 2.75) is 15.0 Å². The molecule has 0 spiro atoms. The number of primary sulfonamides is 1. The summed E-state index contributed by atoms with van der Waals surface area (Å²) in [4.78, 5) is 2.36. The van der Waals surface area contributed by atoms with E-state index in [1.165, 1.54) is 11.3 Å². The number of morpholine rings is 1. The van der Waals surface area contributed by atoms with Gasteiger partial charge in [-0.3, -0.25) is 4.90 Å². The third-order valence-electron chi connectivity index (χ3n) is 4.79. The predicted molar refractivity (Wildman–Crippen MR) is 115 cm³/mol. The molecule has 2 aliphatic rings. The number of hydrogen-bond donors (Lipinski definition) is 1. The quantitative estimate of drug-likeness (QED) is 0.673. The average molecular weight is 454 g/mol. The van der Waals surface area contributed by atoms with Crippen molar-refractivity contribution in [1.82, 2.24) is 9.21 Å². The Hall–Kier alpha value is -1.56. The van der Waals surface area contributed by atoms with Crippen LogP contribution in [0.15, 0.2) is 44.4 Å². The molecule has 156 valence electrons. The van der Waals surface area contributed by atoms with E-state index in [9.17, 15) is 8.42 Å². The Morgan fingerprint density at radius 2 is 1.90 bits per heavy atom. The maximum absolute atomic E-state index is 11.8. The van der Waals surface area contributed by atoms with Crippen LogP contribution in [-0.4, -0.2) is 57.6 Å². The number of ether oxygens (including phenoxy) is 2. The Bertz CT molecular complexity index is 996. The number of nitrogens with two attached hydrogens (primary N) is 1. The van der Waals surface area contributed by atoms with Crippen LogP contribution in [0.3, 0.4) is 0 Å². The Morgan fingerprint density at radius 1 is 1.17 bits per heavy atom. The Labute approximate surface area is 179 Å². The van der Waals surface area contributed by atoms with E-state index in [0.717, 1.165) is 59.6 Å². The van der Waals surface area contributed by atoms with E-state index < -0.39 is 10.0 Å². The minimum absolute atomic E-state index is 0.197. The molecule has 0 unspecified atom stereocenters. The standard InChI is InChI=1S/C19H23N3O4S3/c1-25-17-4-2-14(3-5-17)12-22-16(13-21-6-8-26-9-7-21)10-15-11-18(29(20,23)24)27-19(15)28-22/h2-5,10-11H,6-9,12-13H2,1H3,(H2,20,23,24). The highest BCUT2D eigenvalue weighted by Crippen LogP contribution is 2.43. The van der Waals surface area contributed by atoms with Gasteiger partial charge in [0.15, 0.2) is 0 Å². The van der Waals surface area contributed by atoms with E-state index in [1.807, 2.05) is 24.3 Å². The van der Waals surface area contributed by atoms with E-state index in [0.29, 0.717) is 6.54 Å². The van der Waals surface area contributed by atoms with Crippen LogP contribution in [0.25, 0.3) is 6.08 Å². The Morgan fingerprint density at radius 3 is 2.55 bits per heavy atom. The summed E-state index contributed by atoms with van der Waals surface area (Å²) in [6, 6.07) is 9.67. The Balaban J connectivity index is 1.61. The van der Waals surface area contributed by atoms with Crippen molar-refractivity contribution in [3.05, 3.63) is 47.2 Å². The molecule has 1 aromatic heterocycles. The molecule has 7 nitrogen and oxygen atoms in total. The average Bonchev–Trinajstić information content (AvgIpc) is 3.13. The summed E-state index contributed by atoms with van der Waals surface area (Å²) in [5.74, 6) is 0.822. The van der Waals surface area contributed by atoms with Crippen LogP contribution in [0, 0.1) is 0 Å². The molecule has 0 saturated carbocycles. The van der Waals surface area contributed by atoms with Gasteiger partial charge in [0, 0.05) is 30.9 Å². The normalized spacial score (nSPS) is 17.7. The molecule has 4 rings (SSSR count). The Kier molecular flexibility index (Phi) is 6.19. The lowest BCUT2D eigenvalue weighted by molar-refractivity contribution is 0.0407. The van der Waals surface area contributed by atoms with Crippen LogP contribution < -0.4 is 9.88 Å². The highest BCUT2D eigenvalue weighted by atomic mass is 32.3. The number of benzene rings is 1. The lowest BCUT2D eigenvalue weighted by atomic mass is 10.2. The number of rotatable bonds is 6. The fraction of sp³-hybridized carbons (Fsp3) is 0.368. The molecule has 2 N–H and O–H groups in total. The van der Waals surface area contributed by atoms with E-state index in [4.69, 9.17) is 14.6 Å². The molecule has 1 fully saturated rings. The van der Waals surface area contributed by atoms with Gasteiger partial charge in [0.05, 0.1) is 31.1 Å². The van der Waals surface area contributed by atoms with Crippen LogP contribution in [-0.2, 0) is 21.3 Å². The van der Waals surface area contributed by atoms with Gasteiger partial charge in [-0.25, -0.2) is 13.6 Å². The second-order valence-electron chi connectivity index (χ2n) is 6.85. The van der Waals surface area contributed by atoms with E-state index >= 15 is 0 Å². The minimum atomic E-state index is -3.71. The minimum Gasteiger partial charge on any atom is -0.497 e. The molecule has 0 radical (unpaired) electrons. The highest BCUT2D eigenvalue weighted by molar-refractivity contribution is 7.99. The fourth-order valence-electron chi connectivity index (χ4n) is 3.23. The van der Waals surface area contributed by atoms with Gasteiger partial charge in [0.2, 0.25) is 10.0 Å². The van der Waals surface area contributed by atoms with E-state index in [1.54, 1.807) is 25.1 Å². The van der Waals surface area contributed by atoms with Gasteiger partial charge in [-0.05, 0) is 41.8 Å². The number of methoxy groups -OCH3 is 1. The summed E-state index contributed by atoms with van der Waals surface area (Å²) in [6.07, 6.45) is 2.08. The summed E-state index contributed by atoms with van der Waals surface area (Å²) >= 11 is 2.79. The predicted octanol–water partition coefficient (Wildman–Crippen LogP) is 2.60. The van der Waals surface area contributed by atoms with Crippen LogP contribution in [0.2, 0.25) is 0 Å². The maximum atomic E-state index is 11.8. The number of nitrogens with zero attached hydrogens (tertiary/aromatic N) is 2. The molecule has 1 aromatic carbocycles. The molecule has 10 heteroatoms. The van der Waals surface area contributed by atoms with Crippen LogP contribution in [0.4, 0.5) is 0 Å². The van der Waals surface area contributed by atoms with Gasteiger partial charge >= 0.3 is 0 Å². The smallest absolute Gasteiger partial charge is 0.247 e. The summed E-state index contributed by atoms with van der Waals surface area (Å²) in [5, 5.41) is 5.34. The molecule has 0 bridgehead atoms. The molecule has 3 heterocycles. The van der Waals surface area contributed by atoms with Crippen molar-refractivity contribution in [1.29, 1.82) is 0 Å². The second-order valence-corrected chi connectivity index (χ2v) is 11.0. The zero-order valence-corrected chi connectivity index (χ0v) is 18.5. The molecule has 29 heavy (non-hydrogen) atoms. The third kappa shape index (κ3) is 4.96. The molecule has 2 aromatic rings. The van der Waals surface area contributed by atoms with Crippen LogP contribution in [0.5, 0.6) is 5.75 Å². The molecule has 1 saturated heterocycles. The zero-order chi connectivity index (χ0) is 20.4. The van der Waals surface area contributed by atoms with Gasteiger partial charge in [-0.2, -0.15) is 0 Å². The first-order valence-corrected chi connectivity index (χ1v) is 12.3. The van der Waals surface area contributed by atoms with Gasteiger partial charge < -0.3 is 13.8 Å². The van der Waals surface area contributed by atoms with Crippen molar-refractivity contribution in [3.8, 4) is 5.75 Å². The summed E-state index contributed by atoms with van der Waals surface area (Å²) in [6.45, 7) is 4.73. The number of hydrogen-bond acceptors (Lipinski definition) is 8. The topological polar surface area (TPSA) is 85.1 Å². The molecular weight excluding hydrogens is 430 g/mol. The lowest BCUT2D eigenvalue weighted by Crippen LogP contribution is -2.39. The summed E-state index contributed by atoms with van der Waals surface area (Å²) in [7, 11) is -2.06. The summed E-state index contributed by atoms with van der Waals surface area (Å²) < 4.78 is 37.7. The fourth-order valence-corrected chi connectivity index (χ4v) is 6.55. The monoisotopic (exact) mass is 453 g/mol. The van der Waals surface area contributed by atoms with Crippen molar-refractivity contribution < 1.29 is 17.9 Å². The molecule has 0 atom stereocenters. The lowest BCUT2D eigenvalue weighted by Gasteiger charge is -2.34. The first-order valence-electron chi connectivity index (χ1n) is 9.18. The summed E-state index contributed by atoms with van der Waals surface area (Å²) in [5.41, 5.74) is 3.20. The molecular formula is C19H23N3O4S3. The van der Waals surface area contributed by atoms with Crippen LogP contribution >= 0.6 is 23.3 Å². The first-order chi connectivity index (χ1) is 13.9. The molecule has 0 aliphatic carbocycles. The number of fused-ring (bicyclic) bond motifs is 1. The maximum Gasteiger partial charge on any atom is 0.247 e. The highest BCUT2D eigenvalue weighted by Gasteiger charge is 2.26. The molecule has 2 aliphatic heterocycles. The third-order valence-corrected chi connectivity index (χ3v) is 8.62. The van der Waals surface area contributed by atoms with E-state index in [-0.39, 0.29) is 4.21 Å². The zero-order valence-electron chi connectivity index (χ0n) is 16.0. The van der Waals surface area contributed by atoms with Crippen molar-refractivity contribution in [2.75, 3.05) is 40.0 Å². The largest absolute Gasteiger partial charge is 0.497 e. The molecule has 0 amide bonds. The van der Waals surface area contributed by atoms with Gasteiger partial charge in [0.1, 0.15) is 9.96 Å². The van der Waals surface area contributed by atoms with Gasteiger partial charge in [-0.15, -0.1) is 11.3 Å².